The Bertz CT molecular complexity index is 639. The molecule has 1 N–H and O–H groups in total. The molecular weight excluding hydrogens is 322 g/mol. The molecule has 1 aromatic carbocycles. The second-order valence-corrected chi connectivity index (χ2v) is 6.30. The largest absolute Gasteiger partial charge is 0.361 e. The zero-order valence-corrected chi connectivity index (χ0v) is 15.7. The van der Waals surface area contributed by atoms with Gasteiger partial charge >= 0.3 is 0 Å². The molecule has 2 heterocycles. The lowest BCUT2D eigenvalue weighted by atomic mass is 10.00. The number of piperazine rings is 1. The van der Waals surface area contributed by atoms with Gasteiger partial charge in [-0.2, -0.15) is 0 Å². The van der Waals surface area contributed by atoms with E-state index in [4.69, 9.17) is 4.52 Å². The molecular formula is C19H28ClN3O. The lowest BCUT2D eigenvalue weighted by Crippen LogP contribution is -2.45. The smallest absolute Gasteiger partial charge is 0.138 e. The lowest BCUT2D eigenvalue weighted by molar-refractivity contribution is 0.152. The first-order valence-electron chi connectivity index (χ1n) is 8.70. The summed E-state index contributed by atoms with van der Waals surface area (Å²) in [6, 6.07) is 9.48. The van der Waals surface area contributed by atoms with Gasteiger partial charge in [0.25, 0.3) is 0 Å². The number of aryl methyl sites for hydroxylation is 3. The fraction of sp³-hybridized carbons (Fsp3) is 0.526. The van der Waals surface area contributed by atoms with Crippen LogP contribution in [-0.2, 0) is 19.4 Å². The highest BCUT2D eigenvalue weighted by molar-refractivity contribution is 5.85. The van der Waals surface area contributed by atoms with Crippen molar-refractivity contribution in [1.82, 2.24) is 15.4 Å². The van der Waals surface area contributed by atoms with E-state index >= 15 is 0 Å². The van der Waals surface area contributed by atoms with Gasteiger partial charge in [-0.3, -0.25) is 4.90 Å². The van der Waals surface area contributed by atoms with E-state index in [0.717, 1.165) is 50.5 Å². The summed E-state index contributed by atoms with van der Waals surface area (Å²) in [5.74, 6) is 0.959. The Kier molecular flexibility index (Phi) is 6.84. The molecule has 1 aromatic heterocycles. The monoisotopic (exact) mass is 349 g/mol. The van der Waals surface area contributed by atoms with Gasteiger partial charge in [-0.25, -0.2) is 0 Å². The normalized spacial score (nSPS) is 18.4. The SMILES string of the molecule is CCc1ccc(C2CNCCN2Cc2c(CC)noc2C)cc1.Cl. The third-order valence-electron chi connectivity index (χ3n) is 4.89. The molecule has 4 nitrogen and oxygen atoms in total. The highest BCUT2D eigenvalue weighted by Gasteiger charge is 2.26. The first-order chi connectivity index (χ1) is 11.2. The summed E-state index contributed by atoms with van der Waals surface area (Å²) in [7, 11) is 0. The fourth-order valence-electron chi connectivity index (χ4n) is 3.36. The zero-order valence-electron chi connectivity index (χ0n) is 14.8. The molecule has 0 saturated carbocycles. The van der Waals surface area contributed by atoms with Gasteiger partial charge in [-0.15, -0.1) is 12.4 Å². The molecule has 0 amide bonds. The predicted molar refractivity (Wildman–Crippen MR) is 99.7 cm³/mol. The third-order valence-corrected chi connectivity index (χ3v) is 4.89. The van der Waals surface area contributed by atoms with Gasteiger partial charge in [-0.05, 0) is 30.9 Å². The highest BCUT2D eigenvalue weighted by Crippen LogP contribution is 2.26. The third kappa shape index (κ3) is 4.00. The van der Waals surface area contributed by atoms with Crippen LogP contribution in [-0.4, -0.2) is 29.7 Å². The van der Waals surface area contributed by atoms with Crippen molar-refractivity contribution < 1.29 is 4.52 Å². The summed E-state index contributed by atoms with van der Waals surface area (Å²) >= 11 is 0. The average Bonchev–Trinajstić information content (AvgIpc) is 2.95. The molecule has 3 rings (SSSR count). The van der Waals surface area contributed by atoms with Gasteiger partial charge in [0.1, 0.15) is 5.76 Å². The van der Waals surface area contributed by atoms with E-state index in [-0.39, 0.29) is 12.4 Å². The summed E-state index contributed by atoms with van der Waals surface area (Å²) in [5, 5.41) is 7.74. The number of hydrogen-bond acceptors (Lipinski definition) is 4. The summed E-state index contributed by atoms with van der Waals surface area (Å²) in [5.41, 5.74) is 5.15. The second-order valence-electron chi connectivity index (χ2n) is 6.30. The van der Waals surface area contributed by atoms with Crippen molar-refractivity contribution in [2.24, 2.45) is 0 Å². The van der Waals surface area contributed by atoms with Gasteiger partial charge in [0.15, 0.2) is 0 Å². The molecule has 1 fully saturated rings. The van der Waals surface area contributed by atoms with Crippen molar-refractivity contribution in [1.29, 1.82) is 0 Å². The lowest BCUT2D eigenvalue weighted by Gasteiger charge is -2.36. The van der Waals surface area contributed by atoms with Crippen molar-refractivity contribution in [2.75, 3.05) is 19.6 Å². The molecule has 5 heteroatoms. The molecule has 1 aliphatic rings. The molecule has 24 heavy (non-hydrogen) atoms. The average molecular weight is 350 g/mol. The van der Waals surface area contributed by atoms with E-state index < -0.39 is 0 Å². The van der Waals surface area contributed by atoms with Gasteiger partial charge in [0, 0.05) is 37.8 Å². The van der Waals surface area contributed by atoms with Crippen molar-refractivity contribution in [3.8, 4) is 0 Å². The fourth-order valence-corrected chi connectivity index (χ4v) is 3.36. The minimum absolute atomic E-state index is 0. The minimum atomic E-state index is 0. The molecule has 0 radical (unpaired) electrons. The van der Waals surface area contributed by atoms with E-state index in [1.165, 1.54) is 16.7 Å². The van der Waals surface area contributed by atoms with Crippen LogP contribution in [0.25, 0.3) is 0 Å². The van der Waals surface area contributed by atoms with Gasteiger partial charge < -0.3 is 9.84 Å². The number of hydrogen-bond donors (Lipinski definition) is 1. The molecule has 0 aliphatic carbocycles. The number of benzene rings is 1. The molecule has 1 unspecified atom stereocenters. The van der Waals surface area contributed by atoms with Gasteiger partial charge in [-0.1, -0.05) is 43.3 Å². The van der Waals surface area contributed by atoms with Crippen LogP contribution >= 0.6 is 12.4 Å². The number of aromatic nitrogens is 1. The maximum atomic E-state index is 5.41. The van der Waals surface area contributed by atoms with Crippen molar-refractivity contribution in [3.63, 3.8) is 0 Å². The molecule has 0 bridgehead atoms. The van der Waals surface area contributed by atoms with Crippen LogP contribution in [0.15, 0.2) is 28.8 Å². The maximum absolute atomic E-state index is 5.41. The van der Waals surface area contributed by atoms with Crippen LogP contribution in [0.5, 0.6) is 0 Å². The Morgan fingerprint density at radius 2 is 1.96 bits per heavy atom. The molecule has 1 aliphatic heterocycles. The summed E-state index contributed by atoms with van der Waals surface area (Å²) in [4.78, 5) is 2.55. The Morgan fingerprint density at radius 1 is 1.21 bits per heavy atom. The molecule has 2 aromatic rings. The summed E-state index contributed by atoms with van der Waals surface area (Å²) in [6.07, 6.45) is 2.02. The Labute approximate surface area is 151 Å². The van der Waals surface area contributed by atoms with E-state index in [2.05, 4.69) is 53.5 Å². The van der Waals surface area contributed by atoms with Crippen LogP contribution in [0.4, 0.5) is 0 Å². The standard InChI is InChI=1S/C19H27N3O.ClH/c1-4-15-6-8-16(9-7-15)19-12-20-10-11-22(19)13-17-14(3)23-21-18(17)5-2;/h6-9,19-20H,4-5,10-13H2,1-3H3;1H. The molecule has 0 spiro atoms. The number of halogens is 1. The summed E-state index contributed by atoms with van der Waals surface area (Å²) < 4.78 is 5.41. The zero-order chi connectivity index (χ0) is 16.2. The van der Waals surface area contributed by atoms with Crippen LogP contribution in [0.1, 0.15) is 48.0 Å². The number of rotatable bonds is 5. The highest BCUT2D eigenvalue weighted by atomic mass is 35.5. The van der Waals surface area contributed by atoms with Crippen molar-refractivity contribution in [3.05, 3.63) is 52.4 Å². The van der Waals surface area contributed by atoms with Crippen LogP contribution in [0, 0.1) is 6.92 Å². The van der Waals surface area contributed by atoms with E-state index in [1.807, 2.05) is 6.92 Å². The Morgan fingerprint density at radius 3 is 2.62 bits per heavy atom. The predicted octanol–water partition coefficient (Wildman–Crippen LogP) is 3.68. The first kappa shape index (κ1) is 19.0. The van der Waals surface area contributed by atoms with E-state index in [0.29, 0.717) is 6.04 Å². The topological polar surface area (TPSA) is 41.3 Å². The number of nitrogens with one attached hydrogen (secondary N) is 1. The van der Waals surface area contributed by atoms with Gasteiger partial charge in [0.2, 0.25) is 0 Å². The number of nitrogens with zero attached hydrogens (tertiary/aromatic N) is 2. The molecule has 1 atom stereocenters. The van der Waals surface area contributed by atoms with Crippen molar-refractivity contribution >= 4 is 12.4 Å². The maximum Gasteiger partial charge on any atom is 0.138 e. The van der Waals surface area contributed by atoms with Crippen LogP contribution in [0.3, 0.4) is 0 Å². The molecule has 132 valence electrons. The van der Waals surface area contributed by atoms with Crippen LogP contribution < -0.4 is 5.32 Å². The van der Waals surface area contributed by atoms with Crippen molar-refractivity contribution in [2.45, 2.75) is 46.2 Å². The quantitative estimate of drug-likeness (QED) is 0.894. The first-order valence-corrected chi connectivity index (χ1v) is 8.70. The Hall–Kier alpha value is -1.36. The summed E-state index contributed by atoms with van der Waals surface area (Å²) in [6.45, 7) is 10.4. The molecule has 1 saturated heterocycles. The second kappa shape index (κ2) is 8.65. The van der Waals surface area contributed by atoms with E-state index in [9.17, 15) is 0 Å². The van der Waals surface area contributed by atoms with E-state index in [1.54, 1.807) is 0 Å². The minimum Gasteiger partial charge on any atom is -0.361 e. The van der Waals surface area contributed by atoms with Crippen LogP contribution in [0.2, 0.25) is 0 Å². The Balaban J connectivity index is 0.00000208. The van der Waals surface area contributed by atoms with Gasteiger partial charge in [0.05, 0.1) is 5.69 Å².